The number of carbonyl (C=O) groups excluding carboxylic acids is 1. The molecule has 2 N–H and O–H groups in total. The molecule has 6 rings (SSSR count). The van der Waals surface area contributed by atoms with Crippen molar-refractivity contribution in [3.8, 4) is 22.8 Å². The molecule has 48 heavy (non-hydrogen) atoms. The molecule has 1 fully saturated rings. The first-order chi connectivity index (χ1) is 23.5. The van der Waals surface area contributed by atoms with Crippen LogP contribution in [0.1, 0.15) is 62.1 Å². The molecule has 0 unspecified atom stereocenters. The first kappa shape index (κ1) is 33.4. The van der Waals surface area contributed by atoms with Crippen LogP contribution in [0.15, 0.2) is 103 Å². The lowest BCUT2D eigenvalue weighted by Gasteiger charge is -2.26. The highest BCUT2D eigenvalue weighted by Gasteiger charge is 2.21. The van der Waals surface area contributed by atoms with Gasteiger partial charge in [-0.25, -0.2) is 0 Å². The van der Waals surface area contributed by atoms with Gasteiger partial charge in [0.25, 0.3) is 0 Å². The number of nitrogens with one attached hydrogen (secondary N) is 1. The van der Waals surface area contributed by atoms with Gasteiger partial charge in [0, 0.05) is 23.5 Å². The van der Waals surface area contributed by atoms with E-state index < -0.39 is 0 Å². The monoisotopic (exact) mass is 643 g/mol. The summed E-state index contributed by atoms with van der Waals surface area (Å²) in [5, 5.41) is 13.9. The summed E-state index contributed by atoms with van der Waals surface area (Å²) in [6, 6.07) is 34.6. The number of nitrogens with zero attached hydrogens (tertiary/aromatic N) is 2. The number of fused-ring (bicyclic) bond motifs is 1. The Balaban J connectivity index is 1.14. The third kappa shape index (κ3) is 8.87. The Morgan fingerprint density at radius 3 is 2.31 bits per heavy atom. The average molecular weight is 644 g/mol. The third-order valence-corrected chi connectivity index (χ3v) is 9.52. The predicted octanol–water partition coefficient (Wildman–Crippen LogP) is 8.39. The molecule has 5 aromatic rings. The molecule has 4 aromatic carbocycles. The van der Waals surface area contributed by atoms with Gasteiger partial charge in [0.05, 0.1) is 18.7 Å². The number of ether oxygens (including phenoxy) is 1. The maximum Gasteiger partial charge on any atom is 0.224 e. The first-order valence-corrected chi connectivity index (χ1v) is 17.7. The number of aromatic nitrogens is 1. The average Bonchev–Trinajstić information content (AvgIpc) is 3.41. The minimum atomic E-state index is 0.0192. The smallest absolute Gasteiger partial charge is 0.224 e. The lowest BCUT2D eigenvalue weighted by atomic mass is 10.0. The van der Waals surface area contributed by atoms with E-state index in [1.165, 1.54) is 50.9 Å². The van der Waals surface area contributed by atoms with E-state index in [0.717, 1.165) is 64.9 Å². The van der Waals surface area contributed by atoms with Gasteiger partial charge >= 0.3 is 0 Å². The highest BCUT2D eigenvalue weighted by molar-refractivity contribution is 5.96. The number of amides is 1. The number of likely N-dealkylation sites (tertiary alicyclic amines) is 1. The van der Waals surface area contributed by atoms with Crippen molar-refractivity contribution >= 4 is 16.8 Å². The second-order valence-corrected chi connectivity index (χ2v) is 13.2. The Morgan fingerprint density at radius 1 is 0.833 bits per heavy atom. The number of carbonyl (C=O) groups is 1. The number of aromatic hydroxyl groups is 1. The van der Waals surface area contributed by atoms with E-state index in [2.05, 4.69) is 94.5 Å². The number of unbranched alkanes of at least 4 members (excludes halogenated alkanes) is 1. The van der Waals surface area contributed by atoms with Crippen LogP contribution in [-0.4, -0.2) is 52.8 Å². The first-order valence-electron chi connectivity index (χ1n) is 17.7. The number of hydrogen-bond donors (Lipinski definition) is 2. The van der Waals surface area contributed by atoms with Crippen molar-refractivity contribution in [3.63, 3.8) is 0 Å². The van der Waals surface area contributed by atoms with Gasteiger partial charge in [-0.3, -0.25) is 4.79 Å². The molecule has 2 heterocycles. The van der Waals surface area contributed by atoms with Gasteiger partial charge in [-0.2, -0.15) is 0 Å². The summed E-state index contributed by atoms with van der Waals surface area (Å²) in [7, 11) is 0. The van der Waals surface area contributed by atoms with E-state index in [4.69, 9.17) is 4.74 Å². The van der Waals surface area contributed by atoms with Crippen LogP contribution >= 0.6 is 0 Å². The van der Waals surface area contributed by atoms with Crippen molar-refractivity contribution in [1.29, 1.82) is 0 Å². The summed E-state index contributed by atoms with van der Waals surface area (Å²) in [5.74, 6) is 1.20. The summed E-state index contributed by atoms with van der Waals surface area (Å²) in [4.78, 5) is 16.1. The molecule has 0 radical (unpaired) electrons. The van der Waals surface area contributed by atoms with Gasteiger partial charge in [0.15, 0.2) is 0 Å². The number of phenolic OH excluding ortho intramolecular Hbond substituents is 1. The molecule has 1 amide bonds. The molecule has 1 aliphatic heterocycles. The number of hydrogen-bond acceptors (Lipinski definition) is 4. The normalized spacial score (nSPS) is 14.2. The van der Waals surface area contributed by atoms with Gasteiger partial charge in [0.2, 0.25) is 5.91 Å². The minimum Gasteiger partial charge on any atom is -0.508 e. The van der Waals surface area contributed by atoms with E-state index in [1.54, 1.807) is 12.1 Å². The molecule has 0 aliphatic carbocycles. The van der Waals surface area contributed by atoms with Crippen LogP contribution in [0.25, 0.3) is 22.2 Å². The Morgan fingerprint density at radius 2 is 1.54 bits per heavy atom. The van der Waals surface area contributed by atoms with Crippen LogP contribution < -0.4 is 10.1 Å². The van der Waals surface area contributed by atoms with Crippen molar-refractivity contribution in [2.75, 3.05) is 26.2 Å². The minimum absolute atomic E-state index is 0.0192. The van der Waals surface area contributed by atoms with Crippen LogP contribution in [0.2, 0.25) is 0 Å². The maximum absolute atomic E-state index is 13.5. The zero-order valence-corrected chi connectivity index (χ0v) is 28.2. The van der Waals surface area contributed by atoms with Crippen molar-refractivity contribution in [3.05, 3.63) is 120 Å². The number of benzene rings is 4. The molecular formula is C42H49N3O3. The molecule has 1 atom stereocenters. The summed E-state index contributed by atoms with van der Waals surface area (Å²) in [5.41, 5.74) is 6.67. The Hall–Kier alpha value is -4.55. The third-order valence-electron chi connectivity index (χ3n) is 9.52. The van der Waals surface area contributed by atoms with E-state index in [1.807, 2.05) is 18.2 Å². The Labute approximate surface area is 285 Å². The zero-order chi connectivity index (χ0) is 33.1. The lowest BCUT2D eigenvalue weighted by molar-refractivity contribution is -0.121. The standard InChI is InChI=1S/C42H49N3O3/c1-32(16-17-33-18-22-36(46)23-19-33)43-41(47)30-39-38-14-6-7-15-40(38)45(42(39)35-12-4-2-5-13-35)31-34-20-24-37(25-21-34)48-29-11-10-28-44-26-8-3-9-27-44/h2,4-7,12-15,18-25,32,46H,3,8-11,16-17,26-31H2,1H3,(H,43,47)/t32-/m1/s1. The molecule has 1 saturated heterocycles. The summed E-state index contributed by atoms with van der Waals surface area (Å²) >= 11 is 0. The molecule has 1 aliphatic rings. The van der Waals surface area contributed by atoms with Crippen LogP contribution in [-0.2, 0) is 24.2 Å². The van der Waals surface area contributed by atoms with Crippen LogP contribution in [0.4, 0.5) is 0 Å². The topological polar surface area (TPSA) is 66.7 Å². The highest BCUT2D eigenvalue weighted by Crippen LogP contribution is 2.35. The van der Waals surface area contributed by atoms with Crippen molar-refractivity contribution in [2.24, 2.45) is 0 Å². The molecule has 250 valence electrons. The van der Waals surface area contributed by atoms with Crippen LogP contribution in [0.3, 0.4) is 0 Å². The van der Waals surface area contributed by atoms with E-state index >= 15 is 0 Å². The van der Waals surface area contributed by atoms with Gasteiger partial charge < -0.3 is 24.6 Å². The molecule has 0 bridgehead atoms. The second-order valence-electron chi connectivity index (χ2n) is 13.2. The fourth-order valence-corrected chi connectivity index (χ4v) is 6.93. The van der Waals surface area contributed by atoms with Gasteiger partial charge in [-0.15, -0.1) is 0 Å². The van der Waals surface area contributed by atoms with Crippen LogP contribution in [0, 0.1) is 0 Å². The quantitative estimate of drug-likeness (QED) is 0.113. The van der Waals surface area contributed by atoms with Crippen molar-refractivity contribution in [2.45, 2.75) is 70.9 Å². The Bertz CT molecular complexity index is 1740. The molecular weight excluding hydrogens is 594 g/mol. The molecule has 6 nitrogen and oxygen atoms in total. The predicted molar refractivity (Wildman–Crippen MR) is 196 cm³/mol. The second kappa shape index (κ2) is 16.5. The van der Waals surface area contributed by atoms with Crippen molar-refractivity contribution < 1.29 is 14.6 Å². The molecule has 0 saturated carbocycles. The van der Waals surface area contributed by atoms with Gasteiger partial charge in [0.1, 0.15) is 11.5 Å². The number of phenols is 1. The lowest BCUT2D eigenvalue weighted by Crippen LogP contribution is -2.34. The van der Waals surface area contributed by atoms with Crippen LogP contribution in [0.5, 0.6) is 11.5 Å². The number of piperidine rings is 1. The summed E-state index contributed by atoms with van der Waals surface area (Å²) in [6.07, 6.45) is 8.27. The molecule has 0 spiro atoms. The van der Waals surface area contributed by atoms with E-state index in [-0.39, 0.29) is 17.7 Å². The van der Waals surface area contributed by atoms with Crippen molar-refractivity contribution in [1.82, 2.24) is 14.8 Å². The number of para-hydroxylation sites is 1. The van der Waals surface area contributed by atoms with Gasteiger partial charge in [-0.1, -0.05) is 79.2 Å². The Kier molecular flexibility index (Phi) is 11.5. The fraction of sp³-hybridized carbons (Fsp3) is 0.357. The summed E-state index contributed by atoms with van der Waals surface area (Å²) in [6.45, 7) is 7.17. The maximum atomic E-state index is 13.5. The summed E-state index contributed by atoms with van der Waals surface area (Å²) < 4.78 is 8.47. The van der Waals surface area contributed by atoms with E-state index in [0.29, 0.717) is 13.0 Å². The fourth-order valence-electron chi connectivity index (χ4n) is 6.93. The highest BCUT2D eigenvalue weighted by atomic mass is 16.5. The number of aryl methyl sites for hydroxylation is 1. The SMILES string of the molecule is C[C@H](CCc1ccc(O)cc1)NC(=O)Cc1c(-c2ccccc2)n(Cc2ccc(OCCCCN3CCCCC3)cc2)c2ccccc12. The largest absolute Gasteiger partial charge is 0.508 e. The van der Waals surface area contributed by atoms with E-state index in [9.17, 15) is 9.90 Å². The molecule has 6 heteroatoms. The number of rotatable bonds is 15. The molecule has 1 aromatic heterocycles. The zero-order valence-electron chi connectivity index (χ0n) is 28.2. The van der Waals surface area contributed by atoms with Gasteiger partial charge in [-0.05, 0) is 118 Å².